The van der Waals surface area contributed by atoms with E-state index in [1.807, 2.05) is 6.07 Å². The summed E-state index contributed by atoms with van der Waals surface area (Å²) in [5, 5.41) is 15.3. The van der Waals surface area contributed by atoms with Crippen molar-refractivity contribution in [3.8, 4) is 39.7 Å². The van der Waals surface area contributed by atoms with Gasteiger partial charge in [-0.05, 0) is 65.2 Å². The minimum absolute atomic E-state index is 0.646. The van der Waals surface area contributed by atoms with Crippen LogP contribution in [0.15, 0.2) is 164 Å². The molecule has 2 aromatic heterocycles. The molecule has 3 nitrogen and oxygen atoms in total. The van der Waals surface area contributed by atoms with E-state index in [-0.39, 0.29) is 0 Å². The van der Waals surface area contributed by atoms with Gasteiger partial charge in [-0.15, -0.1) is 0 Å². The van der Waals surface area contributed by atoms with Crippen LogP contribution in [0, 0.1) is 11.3 Å². The number of rotatable bonds is 4. The Morgan fingerprint density at radius 3 is 1.43 bits per heavy atom. The van der Waals surface area contributed by atoms with Crippen molar-refractivity contribution in [3.63, 3.8) is 0 Å². The van der Waals surface area contributed by atoms with Crippen LogP contribution in [0.25, 0.3) is 77.2 Å². The van der Waals surface area contributed by atoms with Crippen LogP contribution in [0.2, 0.25) is 0 Å². The topological polar surface area (TPSA) is 33.6 Å². The van der Waals surface area contributed by atoms with E-state index in [1.165, 1.54) is 32.6 Å². The van der Waals surface area contributed by atoms with Gasteiger partial charge in [0.15, 0.2) is 0 Å². The average molecular weight is 586 g/mol. The lowest BCUT2D eigenvalue weighted by atomic mass is 9.95. The molecule has 0 unspecified atom stereocenters. The summed E-state index contributed by atoms with van der Waals surface area (Å²) in [6.45, 7) is 0. The summed E-state index contributed by atoms with van der Waals surface area (Å²) in [7, 11) is 0. The maximum Gasteiger partial charge on any atom is 0.0998 e. The van der Waals surface area contributed by atoms with Gasteiger partial charge in [-0.1, -0.05) is 115 Å². The first-order valence-corrected chi connectivity index (χ1v) is 15.5. The summed E-state index contributed by atoms with van der Waals surface area (Å²) in [6, 6.07) is 60.0. The molecular formula is C43H27N3. The van der Waals surface area contributed by atoms with Gasteiger partial charge in [0.05, 0.1) is 39.4 Å². The largest absolute Gasteiger partial charge is 0.309 e. The molecule has 0 aliphatic carbocycles. The zero-order valence-corrected chi connectivity index (χ0v) is 24.9. The fraction of sp³-hybridized carbons (Fsp3) is 0. The number of benzene rings is 7. The monoisotopic (exact) mass is 585 g/mol. The second-order valence-electron chi connectivity index (χ2n) is 11.7. The highest BCUT2D eigenvalue weighted by Crippen LogP contribution is 2.38. The normalized spacial score (nSPS) is 11.5. The minimum atomic E-state index is 0.646. The second-order valence-corrected chi connectivity index (χ2v) is 11.7. The Bertz CT molecular complexity index is 2560. The highest BCUT2D eigenvalue weighted by Gasteiger charge is 2.17. The van der Waals surface area contributed by atoms with Crippen LogP contribution >= 0.6 is 0 Å². The van der Waals surface area contributed by atoms with Crippen molar-refractivity contribution in [3.05, 3.63) is 169 Å². The third-order valence-electron chi connectivity index (χ3n) is 9.17. The summed E-state index contributed by atoms with van der Waals surface area (Å²) in [6.07, 6.45) is 0. The number of para-hydroxylation sites is 5. The Balaban J connectivity index is 1.19. The lowest BCUT2D eigenvalue weighted by Gasteiger charge is -2.15. The Hall–Kier alpha value is -6.37. The summed E-state index contributed by atoms with van der Waals surface area (Å²) in [4.78, 5) is 0. The predicted octanol–water partition coefficient (Wildman–Crippen LogP) is 11.1. The number of hydrogen-bond donors (Lipinski definition) is 0. The van der Waals surface area contributed by atoms with Gasteiger partial charge >= 0.3 is 0 Å². The molecule has 0 saturated heterocycles. The highest BCUT2D eigenvalue weighted by atomic mass is 15.0. The third kappa shape index (κ3) is 3.91. The second kappa shape index (κ2) is 10.4. The lowest BCUT2D eigenvalue weighted by Crippen LogP contribution is -1.97. The van der Waals surface area contributed by atoms with Gasteiger partial charge in [-0.25, -0.2) is 0 Å². The molecule has 0 N–H and O–H groups in total. The van der Waals surface area contributed by atoms with Gasteiger partial charge < -0.3 is 9.13 Å². The van der Waals surface area contributed by atoms with Crippen LogP contribution in [-0.4, -0.2) is 9.13 Å². The molecule has 46 heavy (non-hydrogen) atoms. The number of aromatic nitrogens is 2. The van der Waals surface area contributed by atoms with Crippen molar-refractivity contribution in [2.24, 2.45) is 0 Å². The van der Waals surface area contributed by atoms with Gasteiger partial charge in [0.1, 0.15) is 0 Å². The highest BCUT2D eigenvalue weighted by molar-refractivity contribution is 6.10. The molecule has 214 valence electrons. The van der Waals surface area contributed by atoms with E-state index in [9.17, 15) is 5.26 Å². The van der Waals surface area contributed by atoms with E-state index >= 15 is 0 Å². The molecule has 0 saturated carbocycles. The van der Waals surface area contributed by atoms with Gasteiger partial charge in [0.2, 0.25) is 0 Å². The fourth-order valence-electron chi connectivity index (χ4n) is 7.17. The van der Waals surface area contributed by atoms with Crippen LogP contribution in [0.3, 0.4) is 0 Å². The maximum atomic E-state index is 10.4. The first-order chi connectivity index (χ1) is 22.8. The van der Waals surface area contributed by atoms with E-state index in [4.69, 9.17) is 0 Å². The molecule has 9 rings (SSSR count). The van der Waals surface area contributed by atoms with Crippen molar-refractivity contribution in [2.45, 2.75) is 0 Å². The lowest BCUT2D eigenvalue weighted by molar-refractivity contribution is 1.18. The number of hydrogen-bond acceptors (Lipinski definition) is 1. The van der Waals surface area contributed by atoms with Crippen molar-refractivity contribution in [1.82, 2.24) is 9.13 Å². The average Bonchev–Trinajstić information content (AvgIpc) is 3.64. The van der Waals surface area contributed by atoms with E-state index in [2.05, 4.69) is 173 Å². The molecule has 0 fully saturated rings. The van der Waals surface area contributed by atoms with Gasteiger partial charge in [0.25, 0.3) is 0 Å². The minimum Gasteiger partial charge on any atom is -0.309 e. The Morgan fingerprint density at radius 2 is 0.870 bits per heavy atom. The molecule has 9 aromatic rings. The quantitative estimate of drug-likeness (QED) is 0.202. The third-order valence-corrected chi connectivity index (χ3v) is 9.17. The SMILES string of the molecule is N#Cc1cc(-n2c3ccccc3c3ccccc32)ccc1-c1cccc(-c2ccccc2-n2c3ccccc3c3ccccc32)c1. The fourth-order valence-corrected chi connectivity index (χ4v) is 7.17. The standard InChI is InChI=1S/C43H27N3/c44-28-31-27-32(45-40-20-7-2-15-35(40)36-16-3-8-21-41(36)45)24-25-33(31)29-12-11-13-30(26-29)34-14-1-6-19-39(34)46-42-22-9-4-17-37(42)38-18-5-10-23-43(38)46/h1-27H. The molecular weight excluding hydrogens is 558 g/mol. The molecule has 3 heteroatoms. The Labute approximate surface area is 266 Å². The molecule has 0 atom stereocenters. The molecule has 0 bridgehead atoms. The summed E-state index contributed by atoms with van der Waals surface area (Å²) in [5.74, 6) is 0. The van der Waals surface area contributed by atoms with E-state index in [1.54, 1.807) is 0 Å². The predicted molar refractivity (Wildman–Crippen MR) is 191 cm³/mol. The molecule has 0 aliphatic heterocycles. The molecule has 0 amide bonds. The van der Waals surface area contributed by atoms with E-state index in [0.717, 1.165) is 44.7 Å². The number of nitriles is 1. The van der Waals surface area contributed by atoms with Gasteiger partial charge in [0, 0.05) is 32.8 Å². The van der Waals surface area contributed by atoms with Crippen LogP contribution in [0.5, 0.6) is 0 Å². The number of nitrogens with zero attached hydrogens (tertiary/aromatic N) is 3. The first-order valence-electron chi connectivity index (χ1n) is 15.5. The van der Waals surface area contributed by atoms with Crippen LogP contribution in [0.4, 0.5) is 0 Å². The van der Waals surface area contributed by atoms with Gasteiger partial charge in [-0.3, -0.25) is 0 Å². The first kappa shape index (κ1) is 26.1. The molecule has 0 spiro atoms. The zero-order chi connectivity index (χ0) is 30.6. The summed E-state index contributed by atoms with van der Waals surface area (Å²) in [5.41, 5.74) is 11.5. The van der Waals surface area contributed by atoms with E-state index in [0.29, 0.717) is 5.56 Å². The summed E-state index contributed by atoms with van der Waals surface area (Å²) < 4.78 is 4.63. The van der Waals surface area contributed by atoms with Crippen molar-refractivity contribution in [2.75, 3.05) is 0 Å². The molecule has 7 aromatic carbocycles. The van der Waals surface area contributed by atoms with Crippen molar-refractivity contribution < 1.29 is 0 Å². The Kier molecular flexibility index (Phi) is 5.88. The van der Waals surface area contributed by atoms with Crippen LogP contribution in [-0.2, 0) is 0 Å². The number of fused-ring (bicyclic) bond motifs is 6. The maximum absolute atomic E-state index is 10.4. The van der Waals surface area contributed by atoms with Crippen LogP contribution < -0.4 is 0 Å². The Morgan fingerprint density at radius 1 is 0.391 bits per heavy atom. The summed E-state index contributed by atoms with van der Waals surface area (Å²) >= 11 is 0. The van der Waals surface area contributed by atoms with Crippen molar-refractivity contribution in [1.29, 1.82) is 5.26 Å². The molecule has 0 aliphatic rings. The smallest absolute Gasteiger partial charge is 0.0998 e. The molecule has 0 radical (unpaired) electrons. The van der Waals surface area contributed by atoms with Crippen molar-refractivity contribution >= 4 is 43.6 Å². The van der Waals surface area contributed by atoms with Crippen LogP contribution in [0.1, 0.15) is 5.56 Å². The van der Waals surface area contributed by atoms with Gasteiger partial charge in [-0.2, -0.15) is 5.26 Å². The molecule has 2 heterocycles. The van der Waals surface area contributed by atoms with E-state index < -0.39 is 0 Å². The zero-order valence-electron chi connectivity index (χ0n) is 24.9.